The van der Waals surface area contributed by atoms with Crippen LogP contribution in [0.3, 0.4) is 0 Å². The van der Waals surface area contributed by atoms with Crippen LogP contribution in [0.2, 0.25) is 0 Å². The maximum Gasteiger partial charge on any atom is 0.349 e. The van der Waals surface area contributed by atoms with Crippen molar-refractivity contribution in [2.75, 3.05) is 6.54 Å². The fourth-order valence-electron chi connectivity index (χ4n) is 2.64. The maximum absolute atomic E-state index is 12.7. The van der Waals surface area contributed by atoms with E-state index < -0.39 is 12.1 Å². The Kier molecular flexibility index (Phi) is 6.39. The Bertz CT molecular complexity index is 874. The largest absolute Gasteiger partial charge is 0.443 e. The number of hydrogen-bond donors (Lipinski definition) is 1. The molecule has 1 atom stereocenters. The van der Waals surface area contributed by atoms with Crippen molar-refractivity contribution < 1.29 is 14.3 Å². The molecule has 0 spiro atoms. The highest BCUT2D eigenvalue weighted by Crippen LogP contribution is 2.22. The summed E-state index contributed by atoms with van der Waals surface area (Å²) < 4.78 is 5.54. The first kappa shape index (κ1) is 18.9. The van der Waals surface area contributed by atoms with Crippen molar-refractivity contribution in [3.63, 3.8) is 0 Å². The first-order valence-corrected chi connectivity index (χ1v) is 9.64. The van der Waals surface area contributed by atoms with Crippen LogP contribution in [-0.4, -0.2) is 18.4 Å². The summed E-state index contributed by atoms with van der Waals surface area (Å²) in [6.45, 7) is 2.44. The minimum atomic E-state index is -0.976. The number of nitrogens with one attached hydrogen (secondary N) is 1. The van der Waals surface area contributed by atoms with Crippen LogP contribution in [0, 0.1) is 6.92 Å². The van der Waals surface area contributed by atoms with Gasteiger partial charge < -0.3 is 10.1 Å². The Labute approximate surface area is 162 Å². The summed E-state index contributed by atoms with van der Waals surface area (Å²) in [6, 6.07) is 20.8. The Morgan fingerprint density at radius 2 is 1.74 bits per heavy atom. The van der Waals surface area contributed by atoms with E-state index in [0.29, 0.717) is 23.4 Å². The molecule has 0 aliphatic heterocycles. The second-order valence-electron chi connectivity index (χ2n) is 6.20. The molecule has 5 heteroatoms. The number of carbonyl (C=O) groups is 2. The van der Waals surface area contributed by atoms with E-state index in [1.54, 1.807) is 17.5 Å². The number of hydrogen-bond acceptors (Lipinski definition) is 4. The van der Waals surface area contributed by atoms with Crippen LogP contribution in [0.25, 0.3) is 0 Å². The lowest BCUT2D eigenvalue weighted by molar-refractivity contribution is -0.130. The molecule has 0 aliphatic rings. The highest BCUT2D eigenvalue weighted by molar-refractivity contribution is 7.11. The predicted molar refractivity (Wildman–Crippen MR) is 107 cm³/mol. The number of benzene rings is 2. The molecule has 0 unspecified atom stereocenters. The van der Waals surface area contributed by atoms with Crippen molar-refractivity contribution in [2.45, 2.75) is 19.4 Å². The van der Waals surface area contributed by atoms with Gasteiger partial charge in [-0.1, -0.05) is 66.2 Å². The summed E-state index contributed by atoms with van der Waals surface area (Å²) in [5.74, 6) is -0.812. The average molecular weight is 379 g/mol. The van der Waals surface area contributed by atoms with Gasteiger partial charge in [-0.2, -0.15) is 0 Å². The molecule has 0 aliphatic carbocycles. The standard InChI is InChI=1S/C22H21NO3S/c1-16-9-11-18(12-10-16)20(26-22(25)19-8-5-15-27-19)21(24)23-14-13-17-6-3-2-4-7-17/h2-12,15,20H,13-14H2,1H3,(H,23,24)/t20-/m1/s1. The van der Waals surface area contributed by atoms with E-state index in [2.05, 4.69) is 5.32 Å². The van der Waals surface area contributed by atoms with E-state index in [1.807, 2.05) is 61.5 Å². The number of aryl methyl sites for hydroxylation is 1. The lowest BCUT2D eigenvalue weighted by atomic mass is 10.1. The molecule has 1 heterocycles. The van der Waals surface area contributed by atoms with E-state index in [4.69, 9.17) is 4.74 Å². The van der Waals surface area contributed by atoms with Gasteiger partial charge >= 0.3 is 5.97 Å². The van der Waals surface area contributed by atoms with Crippen molar-refractivity contribution in [3.05, 3.63) is 93.7 Å². The Morgan fingerprint density at radius 3 is 2.41 bits per heavy atom. The highest BCUT2D eigenvalue weighted by atomic mass is 32.1. The SMILES string of the molecule is Cc1ccc([C@@H](OC(=O)c2cccs2)C(=O)NCCc2ccccc2)cc1. The van der Waals surface area contributed by atoms with Crippen LogP contribution >= 0.6 is 11.3 Å². The van der Waals surface area contributed by atoms with Gasteiger partial charge in [-0.15, -0.1) is 11.3 Å². The molecule has 0 fully saturated rings. The topological polar surface area (TPSA) is 55.4 Å². The number of carbonyl (C=O) groups excluding carboxylic acids is 2. The predicted octanol–water partition coefficient (Wildman–Crippen LogP) is 4.31. The Balaban J connectivity index is 1.69. The van der Waals surface area contributed by atoms with Crippen molar-refractivity contribution in [2.24, 2.45) is 0 Å². The fraction of sp³-hybridized carbons (Fsp3) is 0.182. The van der Waals surface area contributed by atoms with E-state index in [9.17, 15) is 9.59 Å². The van der Waals surface area contributed by atoms with Crippen LogP contribution in [0.15, 0.2) is 72.1 Å². The second kappa shape index (κ2) is 9.14. The maximum atomic E-state index is 12.7. The molecule has 27 heavy (non-hydrogen) atoms. The normalized spacial score (nSPS) is 11.6. The molecule has 1 aromatic heterocycles. The summed E-state index contributed by atoms with van der Waals surface area (Å²) >= 11 is 1.29. The number of ether oxygens (including phenoxy) is 1. The zero-order chi connectivity index (χ0) is 19.1. The van der Waals surface area contributed by atoms with Gasteiger partial charge in [0.05, 0.1) is 0 Å². The molecule has 3 rings (SSSR count). The van der Waals surface area contributed by atoms with Gasteiger partial charge in [0.1, 0.15) is 4.88 Å². The molecular formula is C22H21NO3S. The summed E-state index contributed by atoms with van der Waals surface area (Å²) in [5.41, 5.74) is 2.87. The molecule has 0 saturated carbocycles. The summed E-state index contributed by atoms with van der Waals surface area (Å²) in [7, 11) is 0. The van der Waals surface area contributed by atoms with Crippen LogP contribution in [0.1, 0.15) is 32.5 Å². The van der Waals surface area contributed by atoms with Crippen molar-refractivity contribution in [3.8, 4) is 0 Å². The van der Waals surface area contributed by atoms with Gasteiger partial charge in [-0.25, -0.2) is 4.79 Å². The minimum absolute atomic E-state index is 0.320. The van der Waals surface area contributed by atoms with Crippen molar-refractivity contribution in [1.82, 2.24) is 5.32 Å². The number of thiophene rings is 1. The van der Waals surface area contributed by atoms with E-state index in [-0.39, 0.29) is 5.91 Å². The monoisotopic (exact) mass is 379 g/mol. The third kappa shape index (κ3) is 5.28. The third-order valence-electron chi connectivity index (χ3n) is 4.12. The molecule has 0 radical (unpaired) electrons. The summed E-state index contributed by atoms with van der Waals surface area (Å²) in [4.78, 5) is 25.6. The fourth-order valence-corrected chi connectivity index (χ4v) is 3.25. The smallest absolute Gasteiger partial charge is 0.349 e. The van der Waals surface area contributed by atoms with Crippen LogP contribution < -0.4 is 5.32 Å². The first-order chi connectivity index (χ1) is 13.1. The second-order valence-corrected chi connectivity index (χ2v) is 7.15. The molecular weight excluding hydrogens is 358 g/mol. The molecule has 1 N–H and O–H groups in total. The van der Waals surface area contributed by atoms with Gasteiger partial charge in [0, 0.05) is 12.1 Å². The Hall–Kier alpha value is -2.92. The molecule has 138 valence electrons. The van der Waals surface area contributed by atoms with Gasteiger partial charge in [-0.05, 0) is 30.4 Å². The van der Waals surface area contributed by atoms with Gasteiger partial charge in [0.15, 0.2) is 0 Å². The molecule has 1 amide bonds. The van der Waals surface area contributed by atoms with Gasteiger partial charge in [0.2, 0.25) is 6.10 Å². The number of rotatable bonds is 7. The van der Waals surface area contributed by atoms with Crippen LogP contribution in [0.4, 0.5) is 0 Å². The molecule has 2 aromatic carbocycles. The van der Waals surface area contributed by atoms with Crippen LogP contribution in [0.5, 0.6) is 0 Å². The van der Waals surface area contributed by atoms with E-state index in [1.165, 1.54) is 11.3 Å². The van der Waals surface area contributed by atoms with Crippen molar-refractivity contribution in [1.29, 1.82) is 0 Å². The molecule has 3 aromatic rings. The third-order valence-corrected chi connectivity index (χ3v) is 4.97. The highest BCUT2D eigenvalue weighted by Gasteiger charge is 2.25. The lowest BCUT2D eigenvalue weighted by Gasteiger charge is -2.18. The molecule has 4 nitrogen and oxygen atoms in total. The number of esters is 1. The van der Waals surface area contributed by atoms with Crippen LogP contribution in [-0.2, 0) is 16.0 Å². The zero-order valence-corrected chi connectivity index (χ0v) is 15.9. The van der Waals surface area contributed by atoms with E-state index >= 15 is 0 Å². The quantitative estimate of drug-likeness (QED) is 0.622. The molecule has 0 bridgehead atoms. The number of amides is 1. The minimum Gasteiger partial charge on any atom is -0.443 e. The average Bonchev–Trinajstić information content (AvgIpc) is 3.22. The van der Waals surface area contributed by atoms with E-state index in [0.717, 1.165) is 11.1 Å². The Morgan fingerprint density at radius 1 is 1.00 bits per heavy atom. The molecule has 0 saturated heterocycles. The summed E-state index contributed by atoms with van der Waals surface area (Å²) in [5, 5.41) is 4.69. The summed E-state index contributed by atoms with van der Waals surface area (Å²) in [6.07, 6.45) is -0.262. The first-order valence-electron chi connectivity index (χ1n) is 8.76. The van der Waals surface area contributed by atoms with Crippen molar-refractivity contribution >= 4 is 23.2 Å². The van der Waals surface area contributed by atoms with Gasteiger partial charge in [0.25, 0.3) is 5.91 Å². The van der Waals surface area contributed by atoms with Gasteiger partial charge in [-0.3, -0.25) is 4.79 Å². The zero-order valence-electron chi connectivity index (χ0n) is 15.1. The lowest BCUT2D eigenvalue weighted by Crippen LogP contribution is -2.33.